The second kappa shape index (κ2) is 10.6. The van der Waals surface area contributed by atoms with Crippen molar-refractivity contribution in [3.8, 4) is 11.5 Å². The molecule has 0 spiro atoms. The summed E-state index contributed by atoms with van der Waals surface area (Å²) in [6, 6.07) is 3.47. The summed E-state index contributed by atoms with van der Waals surface area (Å²) in [4.78, 5) is 47.5. The zero-order valence-electron chi connectivity index (χ0n) is 23.5. The Morgan fingerprint density at radius 2 is 1.60 bits per heavy atom. The fraction of sp³-hybridized carbons (Fsp3) is 0.300. The fourth-order valence-electron chi connectivity index (χ4n) is 4.94. The van der Waals surface area contributed by atoms with Crippen LogP contribution in [0, 0.1) is 41.5 Å². The molecule has 1 heterocycles. The fourth-order valence-corrected chi connectivity index (χ4v) is 5.52. The largest absolute Gasteiger partial charge is 0.497 e. The van der Waals surface area contributed by atoms with E-state index in [0.717, 1.165) is 28.8 Å². The van der Waals surface area contributed by atoms with Crippen LogP contribution in [0.4, 0.5) is 0 Å². The van der Waals surface area contributed by atoms with Gasteiger partial charge in [-0.2, -0.15) is 0 Å². The molecule has 9 nitrogen and oxygen atoms in total. The minimum absolute atomic E-state index is 0.0607. The van der Waals surface area contributed by atoms with Crippen molar-refractivity contribution in [3.05, 3.63) is 79.4 Å². The molecule has 1 aliphatic rings. The van der Waals surface area contributed by atoms with E-state index in [-0.39, 0.29) is 17.1 Å². The molecule has 208 valence electrons. The van der Waals surface area contributed by atoms with Crippen LogP contribution in [-0.2, 0) is 14.3 Å². The van der Waals surface area contributed by atoms with Gasteiger partial charge in [-0.25, -0.2) is 19.6 Å². The number of rotatable bonds is 5. The number of ketones is 1. The first kappa shape index (κ1) is 29.1. The van der Waals surface area contributed by atoms with E-state index in [4.69, 9.17) is 14.2 Å². The SMILES string of the molecule is COC1=CC(=O)C=C(C)[C@]1(O)C(=O)Oc1c(C)c(C)c(C(=O)Oc2cc(C)c3c(C)nc(C)nc3c2)c(C)c1Br. The number of carbonyl (C=O) groups is 3. The van der Waals surface area contributed by atoms with Gasteiger partial charge in [0.2, 0.25) is 5.60 Å². The maximum Gasteiger partial charge on any atom is 0.356 e. The van der Waals surface area contributed by atoms with E-state index in [9.17, 15) is 19.5 Å². The number of halogens is 1. The van der Waals surface area contributed by atoms with Crippen LogP contribution in [-0.4, -0.2) is 45.5 Å². The molecule has 0 amide bonds. The van der Waals surface area contributed by atoms with Crippen LogP contribution in [0.5, 0.6) is 11.5 Å². The highest BCUT2D eigenvalue weighted by Gasteiger charge is 2.48. The molecule has 2 aromatic carbocycles. The Hall–Kier alpha value is -3.89. The van der Waals surface area contributed by atoms with Gasteiger partial charge in [0.05, 0.1) is 22.7 Å². The molecule has 0 saturated heterocycles. The summed E-state index contributed by atoms with van der Waals surface area (Å²) in [7, 11) is 1.25. The standard InChI is InChI=1S/C30H29BrN2O7/c1-13-9-21(12-22-24(13)18(6)32-19(7)33-22)39-28(35)25-15(3)16(4)27(26(31)17(25)5)40-29(36)30(37)14(2)10-20(34)11-23(30)38-8/h9-12,37H,1-8H3/t30-/m1/s1. The van der Waals surface area contributed by atoms with E-state index in [1.807, 2.05) is 13.8 Å². The third-order valence-electron chi connectivity index (χ3n) is 7.13. The highest BCUT2D eigenvalue weighted by atomic mass is 79.9. The quantitative estimate of drug-likeness (QED) is 0.309. The number of hydrogen-bond acceptors (Lipinski definition) is 9. The van der Waals surface area contributed by atoms with Crippen molar-refractivity contribution < 1.29 is 33.7 Å². The van der Waals surface area contributed by atoms with Crippen molar-refractivity contribution in [1.82, 2.24) is 9.97 Å². The first-order valence-electron chi connectivity index (χ1n) is 12.4. The number of hydrogen-bond donors (Lipinski definition) is 1. The van der Waals surface area contributed by atoms with Gasteiger partial charge >= 0.3 is 11.9 Å². The summed E-state index contributed by atoms with van der Waals surface area (Å²) >= 11 is 3.46. The van der Waals surface area contributed by atoms with Gasteiger partial charge in [-0.3, -0.25) is 4.79 Å². The van der Waals surface area contributed by atoms with Crippen molar-refractivity contribution in [2.75, 3.05) is 7.11 Å². The first-order chi connectivity index (χ1) is 18.7. The molecule has 40 heavy (non-hydrogen) atoms. The topological polar surface area (TPSA) is 125 Å². The van der Waals surface area contributed by atoms with Gasteiger partial charge in [-0.05, 0) is 104 Å². The first-order valence-corrected chi connectivity index (χ1v) is 13.2. The third-order valence-corrected chi connectivity index (χ3v) is 8.08. The van der Waals surface area contributed by atoms with E-state index in [1.54, 1.807) is 39.8 Å². The third kappa shape index (κ3) is 4.82. The lowest BCUT2D eigenvalue weighted by Gasteiger charge is -2.30. The highest BCUT2D eigenvalue weighted by molar-refractivity contribution is 9.10. The number of aliphatic hydroxyl groups is 1. The number of methoxy groups -OCH3 is 1. The molecule has 0 aliphatic heterocycles. The second-order valence-electron chi connectivity index (χ2n) is 9.82. The number of ether oxygens (including phenoxy) is 3. The molecule has 3 aromatic rings. The van der Waals surface area contributed by atoms with Gasteiger partial charge in [0.25, 0.3) is 0 Å². The van der Waals surface area contributed by atoms with Gasteiger partial charge in [-0.15, -0.1) is 0 Å². The number of nitrogens with zero attached hydrogens (tertiary/aromatic N) is 2. The molecular formula is C30H29BrN2O7. The predicted molar refractivity (Wildman–Crippen MR) is 152 cm³/mol. The van der Waals surface area contributed by atoms with Gasteiger partial charge in [0.1, 0.15) is 23.1 Å². The van der Waals surface area contributed by atoms with Crippen LogP contribution in [0.2, 0.25) is 0 Å². The molecule has 1 atom stereocenters. The summed E-state index contributed by atoms with van der Waals surface area (Å²) in [6.07, 6.45) is 2.18. The average Bonchev–Trinajstić information content (AvgIpc) is 2.86. The smallest absolute Gasteiger partial charge is 0.356 e. The van der Waals surface area contributed by atoms with E-state index >= 15 is 0 Å². The minimum Gasteiger partial charge on any atom is -0.497 e. The average molecular weight is 609 g/mol. The molecule has 1 N–H and O–H groups in total. The summed E-state index contributed by atoms with van der Waals surface area (Å²) in [5, 5.41) is 12.1. The van der Waals surface area contributed by atoms with Crippen molar-refractivity contribution in [2.24, 2.45) is 0 Å². The molecule has 0 radical (unpaired) electrons. The van der Waals surface area contributed by atoms with Crippen LogP contribution in [0.1, 0.15) is 51.1 Å². The Morgan fingerprint density at radius 3 is 2.25 bits per heavy atom. The van der Waals surface area contributed by atoms with Crippen molar-refractivity contribution >= 4 is 44.6 Å². The maximum atomic E-state index is 13.4. The van der Waals surface area contributed by atoms with Crippen LogP contribution in [0.25, 0.3) is 10.9 Å². The van der Waals surface area contributed by atoms with E-state index in [0.29, 0.717) is 43.8 Å². The molecule has 0 unspecified atom stereocenters. The Morgan fingerprint density at radius 1 is 0.925 bits per heavy atom. The molecular weight excluding hydrogens is 580 g/mol. The van der Waals surface area contributed by atoms with E-state index < -0.39 is 23.3 Å². The Kier molecular flexibility index (Phi) is 7.70. The lowest BCUT2D eigenvalue weighted by molar-refractivity contribution is -0.151. The van der Waals surface area contributed by atoms with Gasteiger partial charge in [0, 0.05) is 23.2 Å². The van der Waals surface area contributed by atoms with Gasteiger partial charge < -0.3 is 19.3 Å². The Balaban J connectivity index is 1.70. The lowest BCUT2D eigenvalue weighted by Crippen LogP contribution is -2.47. The number of aromatic nitrogens is 2. The maximum absolute atomic E-state index is 13.4. The van der Waals surface area contributed by atoms with Crippen molar-refractivity contribution in [3.63, 3.8) is 0 Å². The Labute approximate surface area is 240 Å². The summed E-state index contributed by atoms with van der Waals surface area (Å²) < 4.78 is 17.0. The lowest BCUT2D eigenvalue weighted by atomic mass is 9.87. The molecule has 10 heteroatoms. The van der Waals surface area contributed by atoms with E-state index in [1.165, 1.54) is 14.0 Å². The summed E-state index contributed by atoms with van der Waals surface area (Å²) in [6.45, 7) is 12.1. The molecule has 1 aromatic heterocycles. The number of fused-ring (bicyclic) bond motifs is 1. The van der Waals surface area contributed by atoms with Crippen LogP contribution < -0.4 is 9.47 Å². The second-order valence-corrected chi connectivity index (χ2v) is 10.6. The predicted octanol–water partition coefficient (Wildman–Crippen LogP) is 5.16. The minimum atomic E-state index is -2.29. The zero-order valence-corrected chi connectivity index (χ0v) is 25.1. The molecule has 0 fully saturated rings. The van der Waals surface area contributed by atoms with Gasteiger partial charge in [-0.1, -0.05) is 0 Å². The number of benzene rings is 2. The van der Waals surface area contributed by atoms with Crippen molar-refractivity contribution in [2.45, 2.75) is 54.1 Å². The number of allylic oxidation sites excluding steroid dienone is 2. The highest BCUT2D eigenvalue weighted by Crippen LogP contribution is 2.40. The van der Waals surface area contributed by atoms with Crippen LogP contribution in [0.15, 0.2) is 40.1 Å². The number of aryl methyl sites for hydroxylation is 3. The molecule has 0 bridgehead atoms. The normalized spacial score (nSPS) is 16.9. The molecule has 4 rings (SSSR count). The van der Waals surface area contributed by atoms with Gasteiger partial charge in [0.15, 0.2) is 5.78 Å². The zero-order chi connectivity index (χ0) is 29.7. The molecule has 1 aliphatic carbocycles. The van der Waals surface area contributed by atoms with Crippen molar-refractivity contribution in [1.29, 1.82) is 0 Å². The van der Waals surface area contributed by atoms with Crippen LogP contribution >= 0.6 is 15.9 Å². The van der Waals surface area contributed by atoms with E-state index in [2.05, 4.69) is 25.9 Å². The summed E-state index contributed by atoms with van der Waals surface area (Å²) in [5.74, 6) is -1.23. The number of carbonyl (C=O) groups excluding carboxylic acids is 3. The number of esters is 2. The summed E-state index contributed by atoms with van der Waals surface area (Å²) in [5.41, 5.74) is 1.95. The van der Waals surface area contributed by atoms with Crippen LogP contribution in [0.3, 0.4) is 0 Å². The Bertz CT molecular complexity index is 1660. The monoisotopic (exact) mass is 608 g/mol. The molecule has 0 saturated carbocycles.